The Labute approximate surface area is 116 Å². The predicted octanol–water partition coefficient (Wildman–Crippen LogP) is 3.40. The number of furan rings is 1. The Bertz CT molecular complexity index is 509. The van der Waals surface area contributed by atoms with Gasteiger partial charge in [-0.1, -0.05) is 25.6 Å². The second kappa shape index (κ2) is 6.58. The molecule has 106 valence electrons. The van der Waals surface area contributed by atoms with Crippen LogP contribution < -0.4 is 5.50 Å². The van der Waals surface area contributed by atoms with E-state index in [4.69, 9.17) is 13.5 Å². The lowest BCUT2D eigenvalue weighted by atomic mass is 10.4. The highest BCUT2D eigenvalue weighted by Gasteiger charge is 2.30. The van der Waals surface area contributed by atoms with Crippen molar-refractivity contribution in [3.05, 3.63) is 17.9 Å². The van der Waals surface area contributed by atoms with E-state index in [9.17, 15) is 4.57 Å². The minimum atomic E-state index is -3.34. The van der Waals surface area contributed by atoms with E-state index in [1.165, 1.54) is 6.26 Å². The lowest BCUT2D eigenvalue weighted by Crippen LogP contribution is -2.16. The fourth-order valence-corrected chi connectivity index (χ4v) is 3.31. The molecule has 0 N–H and O–H groups in total. The first-order valence-electron chi connectivity index (χ1n) is 6.32. The molecule has 1 rings (SSSR count). The van der Waals surface area contributed by atoms with Crippen LogP contribution in [0.5, 0.6) is 0 Å². The fraction of sp³-hybridized carbons (Fsp3) is 0.538. The van der Waals surface area contributed by atoms with Crippen molar-refractivity contribution in [3.63, 3.8) is 0 Å². The molecule has 0 aliphatic rings. The van der Waals surface area contributed by atoms with E-state index >= 15 is 0 Å². The summed E-state index contributed by atoms with van der Waals surface area (Å²) in [4.78, 5) is 0. The molecule has 0 aliphatic heterocycles. The molecule has 0 saturated heterocycles. The Morgan fingerprint density at radius 2 is 1.84 bits per heavy atom. The van der Waals surface area contributed by atoms with Crippen molar-refractivity contribution in [3.8, 4) is 11.5 Å². The van der Waals surface area contributed by atoms with Crippen LogP contribution in [0.2, 0.25) is 19.6 Å². The minimum Gasteiger partial charge on any atom is -0.455 e. The van der Waals surface area contributed by atoms with Gasteiger partial charge in [-0.05, 0) is 13.8 Å². The summed E-state index contributed by atoms with van der Waals surface area (Å²) in [5, 5.41) is 0. The first-order chi connectivity index (χ1) is 8.80. The number of rotatable bonds is 5. The summed E-state index contributed by atoms with van der Waals surface area (Å²) in [5.74, 6) is 3.05. The maximum absolute atomic E-state index is 12.5. The third-order valence-corrected chi connectivity index (χ3v) is 4.88. The topological polar surface area (TPSA) is 48.7 Å². The maximum atomic E-state index is 12.5. The average Bonchev–Trinajstić information content (AvgIpc) is 2.75. The molecule has 0 unspecified atom stereocenters. The first kappa shape index (κ1) is 16.3. The summed E-state index contributed by atoms with van der Waals surface area (Å²) in [5.41, 5.74) is 4.15. The molecule has 4 nitrogen and oxygen atoms in total. The van der Waals surface area contributed by atoms with Crippen LogP contribution in [-0.4, -0.2) is 21.3 Å². The minimum absolute atomic E-state index is 0.219. The summed E-state index contributed by atoms with van der Waals surface area (Å²) < 4.78 is 28.2. The zero-order chi connectivity index (χ0) is 14.5. The number of hydrogen-bond donors (Lipinski definition) is 0. The highest BCUT2D eigenvalue weighted by molar-refractivity contribution is 7.61. The highest BCUT2D eigenvalue weighted by atomic mass is 31.2. The third kappa shape index (κ3) is 5.00. The normalized spacial score (nSPS) is 12.1. The molecule has 0 radical (unpaired) electrons. The van der Waals surface area contributed by atoms with Gasteiger partial charge in [-0.2, -0.15) is 0 Å². The van der Waals surface area contributed by atoms with Gasteiger partial charge in [0.1, 0.15) is 14.3 Å². The largest absolute Gasteiger partial charge is 0.455 e. The van der Waals surface area contributed by atoms with Crippen LogP contribution in [0, 0.1) is 11.5 Å². The van der Waals surface area contributed by atoms with Crippen molar-refractivity contribution in [1.82, 2.24) is 0 Å². The second-order valence-corrected chi connectivity index (χ2v) is 11.7. The van der Waals surface area contributed by atoms with E-state index in [1.807, 2.05) is 0 Å². The van der Waals surface area contributed by atoms with Gasteiger partial charge in [-0.25, -0.2) is 0 Å². The summed E-state index contributed by atoms with van der Waals surface area (Å²) in [6, 6.07) is 1.64. The zero-order valence-electron chi connectivity index (χ0n) is 12.1. The van der Waals surface area contributed by atoms with E-state index in [-0.39, 0.29) is 5.50 Å². The standard InChI is InChI=1S/C13H21O4PSi/c1-6-16-18(14,17-7-2)13-10-12(11-15-13)8-9-19(3,4)5/h10-11H,6-7H2,1-5H3. The van der Waals surface area contributed by atoms with Crippen LogP contribution >= 0.6 is 7.60 Å². The molecule has 0 bridgehead atoms. The molecule has 0 spiro atoms. The lowest BCUT2D eigenvalue weighted by molar-refractivity contribution is 0.225. The van der Waals surface area contributed by atoms with Crippen molar-refractivity contribution in [2.75, 3.05) is 13.2 Å². The van der Waals surface area contributed by atoms with Gasteiger partial charge in [0, 0.05) is 6.07 Å². The predicted molar refractivity (Wildman–Crippen MR) is 79.4 cm³/mol. The van der Waals surface area contributed by atoms with Gasteiger partial charge in [-0.15, -0.1) is 5.54 Å². The molecular formula is C13H21O4PSi. The SMILES string of the molecule is CCOP(=O)(OCC)c1cc(C#C[Si](C)(C)C)co1. The Balaban J connectivity index is 2.99. The van der Waals surface area contributed by atoms with Crippen LogP contribution in [0.4, 0.5) is 0 Å². The molecule has 1 aromatic rings. The van der Waals surface area contributed by atoms with Crippen LogP contribution in [0.1, 0.15) is 19.4 Å². The smallest absolute Gasteiger partial charge is 0.396 e. The van der Waals surface area contributed by atoms with Crippen molar-refractivity contribution in [2.45, 2.75) is 33.5 Å². The van der Waals surface area contributed by atoms with Gasteiger partial charge in [-0.3, -0.25) is 4.57 Å². The van der Waals surface area contributed by atoms with E-state index in [0.717, 1.165) is 0 Å². The molecule has 0 aliphatic carbocycles. The van der Waals surface area contributed by atoms with Crippen LogP contribution in [-0.2, 0) is 13.6 Å². The molecule has 6 heteroatoms. The van der Waals surface area contributed by atoms with Gasteiger partial charge < -0.3 is 13.5 Å². The van der Waals surface area contributed by atoms with E-state index in [0.29, 0.717) is 18.8 Å². The second-order valence-electron chi connectivity index (χ2n) is 5.01. The highest BCUT2D eigenvalue weighted by Crippen LogP contribution is 2.47. The Kier molecular flexibility index (Phi) is 5.63. The summed E-state index contributed by atoms with van der Waals surface area (Å²) in [6.45, 7) is 10.6. The molecule has 0 fully saturated rings. The van der Waals surface area contributed by atoms with Crippen LogP contribution in [0.3, 0.4) is 0 Å². The summed E-state index contributed by atoms with van der Waals surface area (Å²) in [6.07, 6.45) is 1.49. The van der Waals surface area contributed by atoms with Crippen LogP contribution in [0.15, 0.2) is 16.7 Å². The van der Waals surface area contributed by atoms with Gasteiger partial charge in [0.05, 0.1) is 18.8 Å². The molecule has 0 aromatic carbocycles. The molecule has 0 saturated carbocycles. The Morgan fingerprint density at radius 1 is 1.26 bits per heavy atom. The quantitative estimate of drug-likeness (QED) is 0.475. The molecule has 0 amide bonds. The van der Waals surface area contributed by atoms with Gasteiger partial charge in [0.25, 0.3) is 0 Å². The Morgan fingerprint density at radius 3 is 2.32 bits per heavy atom. The molecule has 0 atom stereocenters. The van der Waals surface area contributed by atoms with Crippen molar-refractivity contribution in [2.24, 2.45) is 0 Å². The van der Waals surface area contributed by atoms with Gasteiger partial charge in [0.15, 0.2) is 0 Å². The monoisotopic (exact) mass is 300 g/mol. The molecule has 1 aromatic heterocycles. The summed E-state index contributed by atoms with van der Waals surface area (Å²) >= 11 is 0. The maximum Gasteiger partial charge on any atom is 0.396 e. The zero-order valence-corrected chi connectivity index (χ0v) is 14.0. The van der Waals surface area contributed by atoms with E-state index in [1.54, 1.807) is 19.9 Å². The van der Waals surface area contributed by atoms with Crippen molar-refractivity contribution < 1.29 is 18.0 Å². The Hall–Kier alpha value is -0.793. The first-order valence-corrected chi connectivity index (χ1v) is 11.4. The average molecular weight is 300 g/mol. The van der Waals surface area contributed by atoms with Crippen LogP contribution in [0.25, 0.3) is 0 Å². The third-order valence-electron chi connectivity index (χ3n) is 2.04. The molecule has 19 heavy (non-hydrogen) atoms. The summed E-state index contributed by atoms with van der Waals surface area (Å²) in [7, 11) is -4.78. The van der Waals surface area contributed by atoms with Gasteiger partial charge in [0.2, 0.25) is 5.50 Å². The van der Waals surface area contributed by atoms with E-state index in [2.05, 4.69) is 31.1 Å². The molecular weight excluding hydrogens is 279 g/mol. The fourth-order valence-electron chi connectivity index (χ4n) is 1.30. The van der Waals surface area contributed by atoms with E-state index < -0.39 is 15.7 Å². The van der Waals surface area contributed by atoms with Crippen molar-refractivity contribution in [1.29, 1.82) is 0 Å². The lowest BCUT2D eigenvalue weighted by Gasteiger charge is -2.13. The molecule has 1 heterocycles. The number of hydrogen-bond acceptors (Lipinski definition) is 4. The van der Waals surface area contributed by atoms with Crippen molar-refractivity contribution >= 4 is 21.2 Å². The van der Waals surface area contributed by atoms with Gasteiger partial charge >= 0.3 is 7.60 Å².